The van der Waals surface area contributed by atoms with Crippen LogP contribution >= 0.6 is 11.8 Å². The highest BCUT2D eigenvalue weighted by Crippen LogP contribution is 2.40. The molecule has 3 rings (SSSR count). The van der Waals surface area contributed by atoms with Crippen LogP contribution in [0.15, 0.2) is 46.7 Å². The Kier molecular flexibility index (Phi) is 6.90. The Bertz CT molecular complexity index is 890. The molecule has 160 valence electrons. The molecule has 1 fully saturated rings. The van der Waals surface area contributed by atoms with E-state index in [0.717, 1.165) is 10.5 Å². The van der Waals surface area contributed by atoms with Crippen LogP contribution in [0.25, 0.3) is 0 Å². The number of hydrogen-bond acceptors (Lipinski definition) is 7. The fourth-order valence-electron chi connectivity index (χ4n) is 3.13. The van der Waals surface area contributed by atoms with Gasteiger partial charge < -0.3 is 15.6 Å². The minimum atomic E-state index is -1.28. The monoisotopic (exact) mass is 435 g/mol. The van der Waals surface area contributed by atoms with Crippen molar-refractivity contribution in [2.24, 2.45) is 5.11 Å². The highest BCUT2D eigenvalue weighted by molar-refractivity contribution is 8.00. The first-order valence-corrected chi connectivity index (χ1v) is 10.2. The van der Waals surface area contributed by atoms with Crippen molar-refractivity contribution in [3.63, 3.8) is 0 Å². The fraction of sp³-hybridized carbons (Fsp3) is 0.389. The number of nitrogens with zero attached hydrogens (tertiary/aromatic N) is 3. The lowest BCUT2D eigenvalue weighted by Crippen LogP contribution is -2.70. The summed E-state index contributed by atoms with van der Waals surface area (Å²) in [6.07, 6.45) is 0.128. The molecule has 0 saturated carbocycles. The molecule has 3 N–H and O–H groups in total. The number of thioether (sulfide) groups is 1. The minimum Gasteiger partial charge on any atom is -0.570 e. The number of carboxylic acid groups (broad SMARTS) is 1. The average molecular weight is 435 g/mol. The normalized spacial score (nSPS) is 21.0. The number of nitrogens with one attached hydrogen (secondary N) is 2. The standard InChI is InChI=1S/C18H21N5O6S/c1-2-19-23(28)21-29-9-12-10-30-17-14(16(25)22(17)15(12)18(26)27)20-13(24)8-11-6-4-3-5-7-11/h3-7,14,17H,2,8-10H2,1H3,(H,19,21)(H,20,24)(H,26,27)/t14-,17-/m1/s1. The number of aliphatic carboxylic acids is 1. The first-order valence-electron chi connectivity index (χ1n) is 9.17. The Morgan fingerprint density at radius 1 is 1.40 bits per heavy atom. The predicted octanol–water partition coefficient (Wildman–Crippen LogP) is 0.386. The third-order valence-electron chi connectivity index (χ3n) is 4.43. The molecule has 11 nitrogen and oxygen atoms in total. The molecule has 1 aromatic rings. The number of benzene rings is 1. The van der Waals surface area contributed by atoms with Crippen LogP contribution < -0.4 is 10.9 Å². The molecular formula is C18H21N5O6S. The summed E-state index contributed by atoms with van der Waals surface area (Å²) >= 11 is 1.32. The van der Waals surface area contributed by atoms with Crippen molar-refractivity contribution in [3.8, 4) is 0 Å². The zero-order valence-electron chi connectivity index (χ0n) is 16.1. The van der Waals surface area contributed by atoms with Crippen molar-refractivity contribution in [1.82, 2.24) is 15.8 Å². The quantitative estimate of drug-likeness (QED) is 0.218. The van der Waals surface area contributed by atoms with E-state index in [9.17, 15) is 24.7 Å². The summed E-state index contributed by atoms with van der Waals surface area (Å²) in [5, 5.41) is 26.5. The number of carbonyl (C=O) groups is 3. The number of fused-ring (bicyclic) bond motifs is 1. The molecule has 2 aliphatic heterocycles. The maximum Gasteiger partial charge on any atom is 0.352 e. The van der Waals surface area contributed by atoms with Gasteiger partial charge in [0, 0.05) is 10.9 Å². The smallest absolute Gasteiger partial charge is 0.352 e. The number of hydrogen-bond donors (Lipinski definition) is 3. The highest BCUT2D eigenvalue weighted by Gasteiger charge is 2.54. The first-order chi connectivity index (χ1) is 14.4. The maximum atomic E-state index is 12.6. The second kappa shape index (κ2) is 9.59. The molecule has 30 heavy (non-hydrogen) atoms. The molecule has 0 aromatic heterocycles. The van der Waals surface area contributed by atoms with E-state index < -0.39 is 23.3 Å². The summed E-state index contributed by atoms with van der Waals surface area (Å²) in [4.78, 5) is 42.9. The molecule has 2 aliphatic rings. The molecule has 2 amide bonds. The van der Waals surface area contributed by atoms with Crippen LogP contribution in [0.3, 0.4) is 0 Å². The molecule has 2 heterocycles. The van der Waals surface area contributed by atoms with Gasteiger partial charge in [-0.05, 0) is 23.6 Å². The molecule has 0 unspecified atom stereocenters. The second-order valence-corrected chi connectivity index (χ2v) is 7.59. The number of amides is 2. The van der Waals surface area contributed by atoms with Gasteiger partial charge in [-0.25, -0.2) is 9.63 Å². The Morgan fingerprint density at radius 2 is 2.13 bits per heavy atom. The van der Waals surface area contributed by atoms with E-state index in [1.165, 1.54) is 11.8 Å². The highest BCUT2D eigenvalue weighted by atomic mass is 32.2. The third-order valence-corrected chi connectivity index (χ3v) is 5.77. The molecular weight excluding hydrogens is 414 g/mol. The molecule has 1 aromatic carbocycles. The minimum absolute atomic E-state index is 0.128. The van der Waals surface area contributed by atoms with Gasteiger partial charge in [0.25, 0.3) is 5.91 Å². The molecule has 2 atom stereocenters. The molecule has 12 heteroatoms. The van der Waals surface area contributed by atoms with Crippen molar-refractivity contribution in [2.45, 2.75) is 24.8 Å². The van der Waals surface area contributed by atoms with E-state index in [2.05, 4.69) is 10.4 Å². The number of β-lactam (4-membered cyclic amide) rings is 1. The largest absolute Gasteiger partial charge is 0.570 e. The number of carboxylic acids is 1. The van der Waals surface area contributed by atoms with Crippen molar-refractivity contribution in [3.05, 3.63) is 52.4 Å². The van der Waals surface area contributed by atoms with Crippen LogP contribution in [0.2, 0.25) is 0 Å². The predicted molar refractivity (Wildman–Crippen MR) is 106 cm³/mol. The lowest BCUT2D eigenvalue weighted by atomic mass is 10.0. The lowest BCUT2D eigenvalue weighted by molar-refractivity contribution is -0.644. The van der Waals surface area contributed by atoms with Gasteiger partial charge in [0.1, 0.15) is 30.3 Å². The van der Waals surface area contributed by atoms with Crippen LogP contribution in [-0.4, -0.2) is 63.1 Å². The van der Waals surface area contributed by atoms with Gasteiger partial charge in [-0.2, -0.15) is 0 Å². The van der Waals surface area contributed by atoms with Gasteiger partial charge in [-0.1, -0.05) is 30.3 Å². The zero-order valence-corrected chi connectivity index (χ0v) is 16.9. The van der Waals surface area contributed by atoms with E-state index in [-0.39, 0.29) is 41.9 Å². The maximum absolute atomic E-state index is 12.6. The van der Waals surface area contributed by atoms with Crippen LogP contribution in [0.5, 0.6) is 0 Å². The average Bonchev–Trinajstić information content (AvgIpc) is 2.72. The third kappa shape index (κ3) is 4.71. The number of hydrazine groups is 1. The van der Waals surface area contributed by atoms with Gasteiger partial charge in [-0.15, -0.1) is 11.8 Å². The van der Waals surface area contributed by atoms with E-state index in [0.29, 0.717) is 5.57 Å². The van der Waals surface area contributed by atoms with Gasteiger partial charge in [0.05, 0.1) is 11.4 Å². The van der Waals surface area contributed by atoms with Crippen molar-refractivity contribution in [2.75, 3.05) is 18.9 Å². The lowest BCUT2D eigenvalue weighted by Gasteiger charge is -2.49. The van der Waals surface area contributed by atoms with E-state index in [1.807, 2.05) is 35.9 Å². The first kappa shape index (κ1) is 21.6. The topological polar surface area (TPSA) is 146 Å². The summed E-state index contributed by atoms with van der Waals surface area (Å²) < 4.78 is 0. The Hall–Kier alpha value is -3.12. The van der Waals surface area contributed by atoms with Gasteiger partial charge in [0.15, 0.2) is 0 Å². The molecule has 0 bridgehead atoms. The van der Waals surface area contributed by atoms with Crippen LogP contribution in [0.1, 0.15) is 12.5 Å². The van der Waals surface area contributed by atoms with E-state index in [4.69, 9.17) is 4.84 Å². The summed E-state index contributed by atoms with van der Waals surface area (Å²) in [6, 6.07) is 8.32. The van der Waals surface area contributed by atoms with Crippen molar-refractivity contribution < 1.29 is 29.3 Å². The van der Waals surface area contributed by atoms with Gasteiger partial charge in [0.2, 0.25) is 5.91 Å². The van der Waals surface area contributed by atoms with E-state index in [1.54, 1.807) is 6.92 Å². The van der Waals surface area contributed by atoms with Crippen LogP contribution in [0.4, 0.5) is 0 Å². The summed E-state index contributed by atoms with van der Waals surface area (Å²) in [5.74, 6) is -1.82. The summed E-state index contributed by atoms with van der Waals surface area (Å²) in [6.45, 7) is 1.70. The zero-order chi connectivity index (χ0) is 21.7. The molecule has 0 aliphatic carbocycles. The summed E-state index contributed by atoms with van der Waals surface area (Å²) in [7, 11) is 0. The molecule has 1 saturated heterocycles. The van der Waals surface area contributed by atoms with Gasteiger partial charge in [-0.3, -0.25) is 14.5 Å². The Balaban J connectivity index is 1.63. The van der Waals surface area contributed by atoms with E-state index >= 15 is 0 Å². The second-order valence-electron chi connectivity index (χ2n) is 6.49. The Morgan fingerprint density at radius 3 is 2.80 bits per heavy atom. The van der Waals surface area contributed by atoms with Crippen molar-refractivity contribution in [1.29, 1.82) is 0 Å². The SMILES string of the molecule is CCN=[N+]([O-])NOCC1=C(C(=O)O)N2C(=O)[C@@H](NC(=O)Cc3ccccc3)[C@H]2SC1. The molecule has 0 spiro atoms. The van der Waals surface area contributed by atoms with Crippen LogP contribution in [0, 0.1) is 5.21 Å². The van der Waals surface area contributed by atoms with Gasteiger partial charge >= 0.3 is 5.97 Å². The van der Waals surface area contributed by atoms with Crippen molar-refractivity contribution >= 4 is 29.5 Å². The Labute approximate surface area is 176 Å². The number of rotatable bonds is 9. The fourth-order valence-corrected chi connectivity index (χ4v) is 4.46. The number of carbonyl (C=O) groups excluding carboxylic acids is 2. The summed E-state index contributed by atoms with van der Waals surface area (Å²) in [5.41, 5.74) is 2.98. The molecule has 0 radical (unpaired) electrons. The van der Waals surface area contributed by atoms with Crippen LogP contribution in [-0.2, 0) is 25.6 Å².